The summed E-state index contributed by atoms with van der Waals surface area (Å²) in [7, 11) is 0. The van der Waals surface area contributed by atoms with E-state index in [4.69, 9.17) is 4.74 Å². The first-order valence-electron chi connectivity index (χ1n) is 23.9. The molecule has 0 fully saturated rings. The molecule has 0 aliphatic carbocycles. The maximum atomic E-state index is 13.1. The van der Waals surface area contributed by atoms with Crippen molar-refractivity contribution in [3.8, 4) is 0 Å². The molecule has 61 heavy (non-hydrogen) atoms. The molecule has 0 heterocycles. The smallest absolute Gasteiger partial charge is 0.306 e. The van der Waals surface area contributed by atoms with Crippen LogP contribution in [0.3, 0.4) is 0 Å². The monoisotopic (exact) mass is 842 g/mol. The Kier molecular flexibility index (Phi) is 44.0. The number of ether oxygens (including phenoxy) is 1. The van der Waals surface area contributed by atoms with Gasteiger partial charge in [0.1, 0.15) is 6.10 Å². The molecule has 3 unspecified atom stereocenters. The summed E-state index contributed by atoms with van der Waals surface area (Å²) in [6, 6.07) is -0.765. The first kappa shape index (κ1) is 57.0. The third kappa shape index (κ3) is 42.5. The van der Waals surface area contributed by atoms with Gasteiger partial charge in [-0.25, -0.2) is 0 Å². The highest BCUT2D eigenvalue weighted by Crippen LogP contribution is 2.14. The van der Waals surface area contributed by atoms with Crippen LogP contribution in [0.25, 0.3) is 0 Å². The Morgan fingerprint density at radius 3 is 1.30 bits per heavy atom. The Balaban J connectivity index is 4.95. The molecule has 0 spiro atoms. The largest absolute Gasteiger partial charge is 0.458 e. The van der Waals surface area contributed by atoms with Gasteiger partial charge in [0.25, 0.3) is 0 Å². The van der Waals surface area contributed by atoms with Crippen molar-refractivity contribution >= 4 is 11.9 Å². The summed E-state index contributed by atoms with van der Waals surface area (Å²) in [5.74, 6) is -0.748. The molecule has 0 rings (SSSR count). The zero-order valence-electron chi connectivity index (χ0n) is 38.7. The molecular formula is C55H87NO5. The maximum absolute atomic E-state index is 13.1. The average molecular weight is 842 g/mol. The van der Waals surface area contributed by atoms with E-state index in [-0.39, 0.29) is 31.3 Å². The summed E-state index contributed by atoms with van der Waals surface area (Å²) in [5.41, 5.74) is 0. The second-order valence-electron chi connectivity index (χ2n) is 15.4. The standard InChI is InChI=1S/C55H87NO5/c1-4-7-10-13-16-19-21-23-25-27-28-30-32-35-37-40-43-46-51(49-54(59)56-52(50-57)53(58)47-44-41-38-34-18-15-12-9-6-3)61-55(60)48-45-42-39-36-33-31-29-26-24-22-20-17-14-11-8-5-2/h7-8,10-11,16-17,19-20,23-26,28,30-31,33,35,37,39,42-43,46,51-53,57-58H,4-6,9,12-15,18,21-22,27,29,32,34,36,38,40-41,44-45,47-50H2,1-3H3,(H,56,59)/b10-7-,11-8+,19-16-,20-17+,25-23-,26-24+,30-28-,33-31+,37-35-,42-39+,46-43-. The van der Waals surface area contributed by atoms with E-state index in [9.17, 15) is 19.8 Å². The van der Waals surface area contributed by atoms with Crippen molar-refractivity contribution in [3.63, 3.8) is 0 Å². The van der Waals surface area contributed by atoms with E-state index in [0.29, 0.717) is 19.3 Å². The van der Waals surface area contributed by atoms with Crippen LogP contribution in [0, 0.1) is 0 Å². The van der Waals surface area contributed by atoms with E-state index in [1.54, 1.807) is 6.08 Å². The number of aliphatic hydroxyl groups is 2. The topological polar surface area (TPSA) is 95.9 Å². The molecule has 0 aromatic carbocycles. The molecule has 6 heteroatoms. The zero-order valence-corrected chi connectivity index (χ0v) is 38.7. The Hall–Kier alpha value is -4.00. The van der Waals surface area contributed by atoms with Crippen LogP contribution in [0.5, 0.6) is 0 Å². The lowest BCUT2D eigenvalue weighted by Crippen LogP contribution is -2.46. The molecule has 0 aromatic rings. The Bertz CT molecular complexity index is 1360. The Labute approximate surface area is 373 Å². The second kappa shape index (κ2) is 47.1. The third-order valence-corrected chi connectivity index (χ3v) is 9.73. The van der Waals surface area contributed by atoms with Crippen molar-refractivity contribution < 1.29 is 24.5 Å². The molecule has 342 valence electrons. The number of hydrogen-bond acceptors (Lipinski definition) is 5. The van der Waals surface area contributed by atoms with Gasteiger partial charge >= 0.3 is 5.97 Å². The fourth-order valence-electron chi connectivity index (χ4n) is 6.18. The fourth-order valence-corrected chi connectivity index (χ4v) is 6.18. The van der Waals surface area contributed by atoms with Gasteiger partial charge in [-0.2, -0.15) is 0 Å². The van der Waals surface area contributed by atoms with E-state index in [0.717, 1.165) is 83.5 Å². The summed E-state index contributed by atoms with van der Waals surface area (Å²) in [4.78, 5) is 26.0. The summed E-state index contributed by atoms with van der Waals surface area (Å²) in [6.45, 7) is 6.15. The van der Waals surface area contributed by atoms with Gasteiger partial charge in [-0.15, -0.1) is 0 Å². The number of carbonyl (C=O) groups is 2. The lowest BCUT2D eigenvalue weighted by Gasteiger charge is -2.23. The van der Waals surface area contributed by atoms with E-state index in [2.05, 4.69) is 135 Å². The number of aliphatic hydroxyl groups excluding tert-OH is 2. The van der Waals surface area contributed by atoms with Gasteiger partial charge in [0.15, 0.2) is 0 Å². The normalized spacial score (nSPS) is 14.5. The Morgan fingerprint density at radius 2 is 0.885 bits per heavy atom. The van der Waals surface area contributed by atoms with Crippen molar-refractivity contribution in [1.29, 1.82) is 0 Å². The molecule has 0 aliphatic heterocycles. The molecule has 3 atom stereocenters. The van der Waals surface area contributed by atoms with E-state index in [1.165, 1.54) is 38.5 Å². The lowest BCUT2D eigenvalue weighted by molar-refractivity contribution is -0.148. The molecule has 0 aromatic heterocycles. The van der Waals surface area contributed by atoms with E-state index < -0.39 is 18.2 Å². The van der Waals surface area contributed by atoms with Crippen molar-refractivity contribution in [1.82, 2.24) is 5.32 Å². The van der Waals surface area contributed by atoms with Crippen molar-refractivity contribution in [3.05, 3.63) is 134 Å². The molecule has 0 saturated heterocycles. The molecule has 3 N–H and O–H groups in total. The van der Waals surface area contributed by atoms with Crippen LogP contribution in [0.1, 0.15) is 175 Å². The maximum Gasteiger partial charge on any atom is 0.306 e. The quantitative estimate of drug-likeness (QED) is 0.0324. The fraction of sp³-hybridized carbons (Fsp3) is 0.564. The number of rotatable bonds is 40. The molecular weight excluding hydrogens is 755 g/mol. The molecule has 6 nitrogen and oxygen atoms in total. The summed E-state index contributed by atoms with van der Waals surface area (Å²) in [5, 5.41) is 23.5. The van der Waals surface area contributed by atoms with E-state index >= 15 is 0 Å². The Morgan fingerprint density at radius 1 is 0.508 bits per heavy atom. The molecule has 1 amide bonds. The van der Waals surface area contributed by atoms with Gasteiger partial charge in [-0.1, -0.05) is 206 Å². The molecule has 0 saturated carbocycles. The zero-order chi connectivity index (χ0) is 44.5. The van der Waals surface area contributed by atoms with Crippen LogP contribution in [-0.2, 0) is 14.3 Å². The number of unbranched alkanes of at least 4 members (excludes halogenated alkanes) is 8. The first-order chi connectivity index (χ1) is 30.0. The number of amides is 1. The summed E-state index contributed by atoms with van der Waals surface area (Å²) >= 11 is 0. The second-order valence-corrected chi connectivity index (χ2v) is 15.4. The van der Waals surface area contributed by atoms with Gasteiger partial charge in [0, 0.05) is 6.42 Å². The number of hydrogen-bond donors (Lipinski definition) is 3. The van der Waals surface area contributed by atoms with Crippen molar-refractivity contribution in [2.24, 2.45) is 0 Å². The highest BCUT2D eigenvalue weighted by atomic mass is 16.5. The first-order valence-corrected chi connectivity index (χ1v) is 23.9. The predicted octanol–water partition coefficient (Wildman–Crippen LogP) is 14.3. The van der Waals surface area contributed by atoms with Gasteiger partial charge in [-0.3, -0.25) is 9.59 Å². The minimum Gasteiger partial charge on any atom is -0.458 e. The number of allylic oxidation sites excluding steroid dienone is 21. The number of nitrogens with one attached hydrogen (secondary N) is 1. The molecule has 0 aliphatic rings. The van der Waals surface area contributed by atoms with Crippen molar-refractivity contribution in [2.75, 3.05) is 6.61 Å². The van der Waals surface area contributed by atoms with Gasteiger partial charge in [0.2, 0.25) is 5.91 Å². The van der Waals surface area contributed by atoms with E-state index in [1.807, 2.05) is 18.2 Å². The van der Waals surface area contributed by atoms with Gasteiger partial charge < -0.3 is 20.3 Å². The predicted molar refractivity (Wildman–Crippen MR) is 263 cm³/mol. The SMILES string of the molecule is CC/C=C\C/C=C\C/C=C\C/C=C\C/C=C\C/C=C\C(CC(=O)NC(CO)C(O)CCCCCCCCCCC)OC(=O)CC/C=C/C/C=C/C/C=C/C/C=C/C/C=C/CC. The summed E-state index contributed by atoms with van der Waals surface area (Å²) < 4.78 is 5.76. The third-order valence-electron chi connectivity index (χ3n) is 9.73. The molecule has 0 bridgehead atoms. The lowest BCUT2D eigenvalue weighted by atomic mass is 10.0. The van der Waals surface area contributed by atoms with Crippen LogP contribution >= 0.6 is 0 Å². The number of esters is 1. The van der Waals surface area contributed by atoms with Crippen LogP contribution < -0.4 is 5.32 Å². The molecule has 0 radical (unpaired) electrons. The summed E-state index contributed by atoms with van der Waals surface area (Å²) in [6.07, 6.45) is 66.9. The minimum atomic E-state index is -0.839. The van der Waals surface area contributed by atoms with Crippen LogP contribution in [0.2, 0.25) is 0 Å². The highest BCUT2D eigenvalue weighted by molar-refractivity contribution is 5.78. The average Bonchev–Trinajstić information content (AvgIpc) is 3.25. The van der Waals surface area contributed by atoms with Crippen LogP contribution in [-0.4, -0.2) is 46.9 Å². The van der Waals surface area contributed by atoms with Crippen molar-refractivity contribution in [2.45, 2.75) is 193 Å². The number of carbonyl (C=O) groups excluding carboxylic acids is 2. The van der Waals surface area contributed by atoms with Crippen LogP contribution in [0.15, 0.2) is 134 Å². The van der Waals surface area contributed by atoms with Crippen LogP contribution in [0.4, 0.5) is 0 Å². The minimum absolute atomic E-state index is 0.0865. The highest BCUT2D eigenvalue weighted by Gasteiger charge is 2.23. The van der Waals surface area contributed by atoms with Gasteiger partial charge in [-0.05, 0) is 89.5 Å². The van der Waals surface area contributed by atoms with Gasteiger partial charge in [0.05, 0.1) is 25.2 Å².